The zero-order valence-corrected chi connectivity index (χ0v) is 13.0. The van der Waals surface area contributed by atoms with Crippen molar-refractivity contribution in [1.82, 2.24) is 14.9 Å². The lowest BCUT2D eigenvalue weighted by Gasteiger charge is -2.30. The Kier molecular flexibility index (Phi) is 3.58. The number of aromatic nitrogens is 2. The number of rotatable bonds is 3. The molecule has 0 radical (unpaired) electrons. The van der Waals surface area contributed by atoms with Gasteiger partial charge in [0.25, 0.3) is 5.56 Å². The first-order valence-electron chi connectivity index (χ1n) is 8.18. The Morgan fingerprint density at radius 1 is 1.21 bits per heavy atom. The van der Waals surface area contributed by atoms with Gasteiger partial charge in [0.05, 0.1) is 10.9 Å². The maximum Gasteiger partial charge on any atom is 0.258 e. The van der Waals surface area contributed by atoms with Crippen LogP contribution < -0.4 is 5.56 Å². The number of fused-ring (bicyclic) bond motifs is 1. The van der Waals surface area contributed by atoms with E-state index >= 15 is 0 Å². The lowest BCUT2D eigenvalue weighted by Crippen LogP contribution is -2.33. The minimum Gasteiger partial charge on any atom is -0.342 e. The van der Waals surface area contributed by atoms with Gasteiger partial charge in [-0.05, 0) is 24.8 Å². The predicted molar refractivity (Wildman–Crippen MR) is 83.6 cm³/mol. The van der Waals surface area contributed by atoms with E-state index in [2.05, 4.69) is 9.97 Å². The number of hydrogen-bond acceptors (Lipinski definition) is 3. The Balaban J connectivity index is 1.63. The SMILES string of the molecule is O=C1C[C@@H](c2nc3cc(F)c(F)cc3c(=O)[nH]2)CN1CC1CCC1. The summed E-state index contributed by atoms with van der Waals surface area (Å²) >= 11 is 0. The lowest BCUT2D eigenvalue weighted by atomic mass is 9.85. The minimum absolute atomic E-state index is 0.00768. The molecule has 0 unspecified atom stereocenters. The summed E-state index contributed by atoms with van der Waals surface area (Å²) in [6, 6.07) is 1.77. The third-order valence-corrected chi connectivity index (χ3v) is 5.07. The number of nitrogens with one attached hydrogen (secondary N) is 1. The number of benzene rings is 1. The molecule has 1 aromatic heterocycles. The monoisotopic (exact) mass is 333 g/mol. The van der Waals surface area contributed by atoms with Crippen molar-refractivity contribution >= 4 is 16.8 Å². The van der Waals surface area contributed by atoms with Gasteiger partial charge >= 0.3 is 0 Å². The second kappa shape index (κ2) is 5.65. The van der Waals surface area contributed by atoms with Gasteiger partial charge in [0, 0.05) is 31.5 Å². The highest BCUT2D eigenvalue weighted by Crippen LogP contribution is 2.32. The first kappa shape index (κ1) is 15.2. The fourth-order valence-corrected chi connectivity index (χ4v) is 3.46. The van der Waals surface area contributed by atoms with Gasteiger partial charge in [-0.3, -0.25) is 9.59 Å². The van der Waals surface area contributed by atoms with Gasteiger partial charge in [-0.1, -0.05) is 6.42 Å². The van der Waals surface area contributed by atoms with Gasteiger partial charge in [0.15, 0.2) is 11.6 Å². The molecule has 2 aromatic rings. The van der Waals surface area contributed by atoms with Crippen molar-refractivity contribution < 1.29 is 13.6 Å². The molecule has 7 heteroatoms. The Morgan fingerprint density at radius 3 is 2.67 bits per heavy atom. The van der Waals surface area contributed by atoms with Crippen LogP contribution in [-0.2, 0) is 4.79 Å². The van der Waals surface area contributed by atoms with Gasteiger partial charge in [0.1, 0.15) is 5.82 Å². The lowest BCUT2D eigenvalue weighted by molar-refractivity contribution is -0.128. The number of halogens is 2. The number of carbonyl (C=O) groups excluding carboxylic acids is 1. The summed E-state index contributed by atoms with van der Waals surface area (Å²) in [4.78, 5) is 33.0. The zero-order valence-electron chi connectivity index (χ0n) is 13.0. The van der Waals surface area contributed by atoms with Crippen LogP contribution in [0.4, 0.5) is 8.78 Å². The fourth-order valence-electron chi connectivity index (χ4n) is 3.46. The third-order valence-electron chi connectivity index (χ3n) is 5.07. The first-order valence-corrected chi connectivity index (χ1v) is 8.18. The molecule has 4 rings (SSSR count). The number of amides is 1. The Hall–Kier alpha value is -2.31. The summed E-state index contributed by atoms with van der Waals surface area (Å²) in [6.45, 7) is 1.26. The van der Waals surface area contributed by atoms with E-state index in [1.807, 2.05) is 4.90 Å². The average molecular weight is 333 g/mol. The Morgan fingerprint density at radius 2 is 1.96 bits per heavy atom. The van der Waals surface area contributed by atoms with Crippen molar-refractivity contribution in [3.63, 3.8) is 0 Å². The molecule has 1 aromatic carbocycles. The number of aromatic amines is 1. The van der Waals surface area contributed by atoms with Crippen LogP contribution in [0.15, 0.2) is 16.9 Å². The van der Waals surface area contributed by atoms with Crippen LogP contribution in [0.25, 0.3) is 10.9 Å². The molecule has 2 aliphatic rings. The smallest absolute Gasteiger partial charge is 0.258 e. The molecule has 1 aliphatic heterocycles. The molecule has 1 aliphatic carbocycles. The summed E-state index contributed by atoms with van der Waals surface area (Å²) in [5.74, 6) is -1.34. The van der Waals surface area contributed by atoms with Gasteiger partial charge in [-0.25, -0.2) is 13.8 Å². The minimum atomic E-state index is -1.08. The van der Waals surface area contributed by atoms with Crippen LogP contribution >= 0.6 is 0 Å². The van der Waals surface area contributed by atoms with E-state index in [0.717, 1.165) is 31.5 Å². The number of likely N-dealkylation sites (tertiary alicyclic amines) is 1. The number of H-pyrrole nitrogens is 1. The quantitative estimate of drug-likeness (QED) is 0.937. The van der Waals surface area contributed by atoms with Gasteiger partial charge in [-0.2, -0.15) is 0 Å². The predicted octanol–water partition coefficient (Wildman–Crippen LogP) is 2.32. The molecule has 1 saturated heterocycles. The van der Waals surface area contributed by atoms with Crippen molar-refractivity contribution in [3.8, 4) is 0 Å². The van der Waals surface area contributed by atoms with Crippen molar-refractivity contribution in [2.45, 2.75) is 31.6 Å². The van der Waals surface area contributed by atoms with E-state index in [1.54, 1.807) is 0 Å². The normalized spacial score (nSPS) is 21.5. The summed E-state index contributed by atoms with van der Waals surface area (Å²) in [6.07, 6.45) is 3.82. The summed E-state index contributed by atoms with van der Waals surface area (Å²) in [7, 11) is 0. The van der Waals surface area contributed by atoms with Crippen LogP contribution in [0, 0.1) is 17.6 Å². The highest BCUT2D eigenvalue weighted by Gasteiger charge is 2.34. The van der Waals surface area contributed by atoms with Crippen molar-refractivity contribution in [3.05, 3.63) is 39.9 Å². The molecular formula is C17H17F2N3O2. The standard InChI is InChI=1S/C17H17F2N3O2/c18-12-5-11-14(6-13(12)19)20-16(21-17(11)24)10-4-15(23)22(8-10)7-9-2-1-3-9/h5-6,9-10H,1-4,7-8H2,(H,20,21,24)/t10-/m1/s1. The molecule has 0 bridgehead atoms. The Labute approximate surface area is 136 Å². The van der Waals surface area contributed by atoms with Crippen molar-refractivity contribution in [2.24, 2.45) is 5.92 Å². The number of carbonyl (C=O) groups is 1. The maximum atomic E-state index is 13.4. The fraction of sp³-hybridized carbons (Fsp3) is 0.471. The molecule has 1 atom stereocenters. The molecule has 1 amide bonds. The molecule has 5 nitrogen and oxygen atoms in total. The van der Waals surface area contributed by atoms with Gasteiger partial charge < -0.3 is 9.88 Å². The van der Waals surface area contributed by atoms with Crippen LogP contribution in [0.1, 0.15) is 37.4 Å². The second-order valence-electron chi connectivity index (χ2n) is 6.73. The average Bonchev–Trinajstić information content (AvgIpc) is 2.86. The van der Waals surface area contributed by atoms with Crippen LogP contribution in [0.2, 0.25) is 0 Å². The van der Waals surface area contributed by atoms with E-state index < -0.39 is 17.2 Å². The van der Waals surface area contributed by atoms with E-state index in [1.165, 1.54) is 6.42 Å². The molecule has 1 N–H and O–H groups in total. The molecule has 126 valence electrons. The Bertz CT molecular complexity index is 876. The van der Waals surface area contributed by atoms with E-state index in [-0.39, 0.29) is 29.1 Å². The molecule has 2 heterocycles. The zero-order chi connectivity index (χ0) is 16.8. The van der Waals surface area contributed by atoms with E-state index in [4.69, 9.17) is 0 Å². The summed E-state index contributed by atoms with van der Waals surface area (Å²) < 4.78 is 26.7. The van der Waals surface area contributed by atoms with E-state index in [9.17, 15) is 18.4 Å². The van der Waals surface area contributed by atoms with Crippen LogP contribution in [-0.4, -0.2) is 33.9 Å². The molecule has 24 heavy (non-hydrogen) atoms. The summed E-state index contributed by atoms with van der Waals surface area (Å²) in [5.41, 5.74) is -0.406. The highest BCUT2D eigenvalue weighted by atomic mass is 19.2. The largest absolute Gasteiger partial charge is 0.342 e. The van der Waals surface area contributed by atoms with Crippen LogP contribution in [0.3, 0.4) is 0 Å². The topological polar surface area (TPSA) is 66.1 Å². The molecule has 1 saturated carbocycles. The number of nitrogens with zero attached hydrogens (tertiary/aromatic N) is 2. The van der Waals surface area contributed by atoms with E-state index in [0.29, 0.717) is 18.3 Å². The van der Waals surface area contributed by atoms with Gasteiger partial charge in [0.2, 0.25) is 5.91 Å². The first-order chi connectivity index (χ1) is 11.5. The molecule has 2 fully saturated rings. The highest BCUT2D eigenvalue weighted by molar-refractivity contribution is 5.80. The third kappa shape index (κ3) is 2.57. The summed E-state index contributed by atoms with van der Waals surface area (Å²) in [5, 5.41) is 0.00768. The maximum absolute atomic E-state index is 13.4. The van der Waals surface area contributed by atoms with Crippen molar-refractivity contribution in [1.29, 1.82) is 0 Å². The van der Waals surface area contributed by atoms with Gasteiger partial charge in [-0.15, -0.1) is 0 Å². The molecular weight excluding hydrogens is 316 g/mol. The number of hydrogen-bond donors (Lipinski definition) is 1. The molecule has 0 spiro atoms. The second-order valence-corrected chi connectivity index (χ2v) is 6.73. The van der Waals surface area contributed by atoms with Crippen LogP contribution in [0.5, 0.6) is 0 Å². The van der Waals surface area contributed by atoms with Crippen molar-refractivity contribution in [2.75, 3.05) is 13.1 Å².